The Balaban J connectivity index is 1.77. The lowest BCUT2D eigenvalue weighted by Crippen LogP contribution is -2.46. The van der Waals surface area contributed by atoms with Crippen LogP contribution in [0.3, 0.4) is 0 Å². The highest BCUT2D eigenvalue weighted by Gasteiger charge is 2.43. The number of alkyl carbamates (subject to hydrolysis) is 1. The second kappa shape index (κ2) is 5.94. The summed E-state index contributed by atoms with van der Waals surface area (Å²) in [5.74, 6) is -0.206. The molecule has 1 atom stereocenters. The summed E-state index contributed by atoms with van der Waals surface area (Å²) in [4.78, 5) is 22.9. The molecule has 1 aromatic rings. The molecule has 7 nitrogen and oxygen atoms in total. The fourth-order valence-electron chi connectivity index (χ4n) is 2.03. The van der Waals surface area contributed by atoms with Gasteiger partial charge in [-0.25, -0.2) is 4.79 Å². The first kappa shape index (κ1) is 14.4. The lowest BCUT2D eigenvalue weighted by atomic mass is 10.1. The van der Waals surface area contributed by atoms with E-state index < -0.39 is 12.1 Å². The molecule has 0 bridgehead atoms. The Hall–Kier alpha value is -2.05. The number of hydrogen-bond donors (Lipinski definition) is 2. The minimum Gasteiger partial charge on any atom is -0.453 e. The standard InChI is InChI=1S/C13H20N4O3/c1-10(16-12(19)20-2)11(18)14-8-13(4-5-13)9-17-7-3-6-15-17/h3,6-7,10H,4-5,8-9H2,1-2H3,(H,14,18)(H,16,19)/t10-/m1/s1. The van der Waals surface area contributed by atoms with E-state index in [2.05, 4.69) is 20.5 Å². The largest absolute Gasteiger partial charge is 0.453 e. The first-order valence-electron chi connectivity index (χ1n) is 6.64. The molecular formula is C13H20N4O3. The molecular weight excluding hydrogens is 260 g/mol. The van der Waals surface area contributed by atoms with Crippen molar-refractivity contribution in [2.75, 3.05) is 13.7 Å². The van der Waals surface area contributed by atoms with Crippen molar-refractivity contribution >= 4 is 12.0 Å². The molecule has 0 unspecified atom stereocenters. The summed E-state index contributed by atoms with van der Waals surface area (Å²) >= 11 is 0. The van der Waals surface area contributed by atoms with Gasteiger partial charge in [-0.3, -0.25) is 9.48 Å². The van der Waals surface area contributed by atoms with Crippen LogP contribution in [-0.2, 0) is 16.1 Å². The number of carbonyl (C=O) groups excluding carboxylic acids is 2. The molecule has 1 heterocycles. The van der Waals surface area contributed by atoms with E-state index in [0.29, 0.717) is 6.54 Å². The van der Waals surface area contributed by atoms with Gasteiger partial charge < -0.3 is 15.4 Å². The van der Waals surface area contributed by atoms with E-state index in [4.69, 9.17) is 0 Å². The highest BCUT2D eigenvalue weighted by Crippen LogP contribution is 2.46. The molecule has 7 heteroatoms. The minimum atomic E-state index is -0.608. The van der Waals surface area contributed by atoms with Crippen LogP contribution in [0.15, 0.2) is 18.5 Å². The topological polar surface area (TPSA) is 85.2 Å². The van der Waals surface area contributed by atoms with Crippen molar-refractivity contribution < 1.29 is 14.3 Å². The van der Waals surface area contributed by atoms with Crippen molar-refractivity contribution in [1.82, 2.24) is 20.4 Å². The van der Waals surface area contributed by atoms with Gasteiger partial charge in [0.05, 0.1) is 7.11 Å². The Morgan fingerprint density at radius 3 is 2.80 bits per heavy atom. The zero-order chi connectivity index (χ0) is 14.6. The third kappa shape index (κ3) is 3.72. The van der Waals surface area contributed by atoms with Gasteiger partial charge in [0.1, 0.15) is 6.04 Å². The van der Waals surface area contributed by atoms with Gasteiger partial charge in [-0.15, -0.1) is 0 Å². The predicted octanol–water partition coefficient (Wildman–Crippen LogP) is 0.524. The molecule has 1 aromatic heterocycles. The number of carbonyl (C=O) groups is 2. The number of methoxy groups -OCH3 is 1. The molecule has 0 aromatic carbocycles. The third-order valence-corrected chi connectivity index (χ3v) is 3.56. The lowest BCUT2D eigenvalue weighted by molar-refractivity contribution is -0.122. The number of nitrogens with one attached hydrogen (secondary N) is 2. The van der Waals surface area contributed by atoms with Crippen molar-refractivity contribution in [1.29, 1.82) is 0 Å². The van der Waals surface area contributed by atoms with Crippen LogP contribution in [0.25, 0.3) is 0 Å². The maximum atomic E-state index is 11.9. The van der Waals surface area contributed by atoms with Gasteiger partial charge in [0.15, 0.2) is 0 Å². The van der Waals surface area contributed by atoms with E-state index in [0.717, 1.165) is 19.4 Å². The fraction of sp³-hybridized carbons (Fsp3) is 0.615. The van der Waals surface area contributed by atoms with Crippen molar-refractivity contribution in [3.8, 4) is 0 Å². The summed E-state index contributed by atoms with van der Waals surface area (Å²) in [6.45, 7) is 3.03. The molecule has 1 fully saturated rings. The summed E-state index contributed by atoms with van der Waals surface area (Å²) in [6.07, 6.45) is 5.21. The molecule has 110 valence electrons. The highest BCUT2D eigenvalue weighted by atomic mass is 16.5. The van der Waals surface area contributed by atoms with Gasteiger partial charge in [-0.05, 0) is 25.8 Å². The number of ether oxygens (including phenoxy) is 1. The van der Waals surface area contributed by atoms with Gasteiger partial charge in [0.2, 0.25) is 5.91 Å². The molecule has 2 amide bonds. The Bertz CT molecular complexity index is 468. The lowest BCUT2D eigenvalue weighted by Gasteiger charge is -2.18. The van der Waals surface area contributed by atoms with E-state index in [1.165, 1.54) is 7.11 Å². The Morgan fingerprint density at radius 1 is 1.50 bits per heavy atom. The molecule has 2 rings (SSSR count). The Morgan fingerprint density at radius 2 is 2.25 bits per heavy atom. The van der Waals surface area contributed by atoms with Crippen LogP contribution in [0.5, 0.6) is 0 Å². The highest BCUT2D eigenvalue weighted by molar-refractivity contribution is 5.85. The summed E-state index contributed by atoms with van der Waals surface area (Å²) in [5, 5.41) is 9.50. The van der Waals surface area contributed by atoms with E-state index in [1.807, 2.05) is 16.9 Å². The van der Waals surface area contributed by atoms with Crippen LogP contribution in [0.4, 0.5) is 4.79 Å². The number of rotatable bonds is 6. The smallest absolute Gasteiger partial charge is 0.407 e. The Kier molecular flexibility index (Phi) is 4.26. The predicted molar refractivity (Wildman–Crippen MR) is 71.9 cm³/mol. The molecule has 0 saturated heterocycles. The first-order valence-corrected chi connectivity index (χ1v) is 6.64. The average molecular weight is 280 g/mol. The summed E-state index contributed by atoms with van der Waals surface area (Å²) in [7, 11) is 1.27. The van der Waals surface area contributed by atoms with Gasteiger partial charge in [0, 0.05) is 30.9 Å². The van der Waals surface area contributed by atoms with Gasteiger partial charge in [-0.1, -0.05) is 0 Å². The van der Waals surface area contributed by atoms with Gasteiger partial charge in [0.25, 0.3) is 0 Å². The molecule has 0 aliphatic heterocycles. The van der Waals surface area contributed by atoms with Crippen molar-refractivity contribution in [3.05, 3.63) is 18.5 Å². The van der Waals surface area contributed by atoms with E-state index in [9.17, 15) is 9.59 Å². The summed E-state index contributed by atoms with van der Waals surface area (Å²) < 4.78 is 6.34. The fourth-order valence-corrected chi connectivity index (χ4v) is 2.03. The molecule has 0 radical (unpaired) electrons. The number of hydrogen-bond acceptors (Lipinski definition) is 4. The molecule has 1 aliphatic carbocycles. The number of amides is 2. The van der Waals surface area contributed by atoms with Crippen molar-refractivity contribution in [3.63, 3.8) is 0 Å². The number of nitrogens with zero attached hydrogens (tertiary/aromatic N) is 2. The molecule has 0 spiro atoms. The van der Waals surface area contributed by atoms with Gasteiger partial charge >= 0.3 is 6.09 Å². The third-order valence-electron chi connectivity index (χ3n) is 3.56. The quantitative estimate of drug-likeness (QED) is 0.795. The second-order valence-electron chi connectivity index (χ2n) is 5.28. The SMILES string of the molecule is COC(=O)N[C@H](C)C(=O)NCC1(Cn2cccn2)CC1. The van der Waals surface area contributed by atoms with Gasteiger partial charge in [-0.2, -0.15) is 5.10 Å². The van der Waals surface area contributed by atoms with Crippen molar-refractivity contribution in [2.24, 2.45) is 5.41 Å². The van der Waals surface area contributed by atoms with Crippen LogP contribution in [0, 0.1) is 5.41 Å². The van der Waals surface area contributed by atoms with Crippen molar-refractivity contribution in [2.45, 2.75) is 32.4 Å². The molecule has 20 heavy (non-hydrogen) atoms. The van der Waals surface area contributed by atoms with Crippen LogP contribution < -0.4 is 10.6 Å². The molecule has 2 N–H and O–H groups in total. The average Bonchev–Trinajstić information content (AvgIpc) is 3.00. The maximum absolute atomic E-state index is 11.9. The molecule has 1 saturated carbocycles. The number of aromatic nitrogens is 2. The van der Waals surface area contributed by atoms with Crippen LogP contribution >= 0.6 is 0 Å². The van der Waals surface area contributed by atoms with Crippen LogP contribution in [0.1, 0.15) is 19.8 Å². The summed E-state index contributed by atoms with van der Waals surface area (Å²) in [5.41, 5.74) is 0.104. The van der Waals surface area contributed by atoms with E-state index >= 15 is 0 Å². The maximum Gasteiger partial charge on any atom is 0.407 e. The van der Waals surface area contributed by atoms with E-state index in [-0.39, 0.29) is 11.3 Å². The zero-order valence-electron chi connectivity index (χ0n) is 11.8. The Labute approximate surface area is 117 Å². The summed E-state index contributed by atoms with van der Waals surface area (Å²) in [6, 6.07) is 1.28. The first-order chi connectivity index (χ1) is 9.54. The normalized spacial score (nSPS) is 17.1. The van der Waals surface area contributed by atoms with E-state index in [1.54, 1.807) is 13.1 Å². The molecule has 1 aliphatic rings. The minimum absolute atomic E-state index is 0.104. The second-order valence-corrected chi connectivity index (χ2v) is 5.28. The van der Waals surface area contributed by atoms with Crippen LogP contribution in [0.2, 0.25) is 0 Å². The monoisotopic (exact) mass is 280 g/mol. The zero-order valence-corrected chi connectivity index (χ0v) is 11.8. The van der Waals surface area contributed by atoms with Crippen LogP contribution in [-0.4, -0.2) is 41.5 Å².